The average molecular weight is 277 g/mol. The molecule has 4 atom stereocenters. The summed E-state index contributed by atoms with van der Waals surface area (Å²) in [7, 11) is 0. The maximum atomic E-state index is 13.5. The standard InChI is InChI=1S/C17H24FNO/c18-16-3-1-2-15(8-16)17(10-19,11-20)9-14-7-12-4-5-13(14)6-12/h1-3,8,12-14,20H,4-7,9-11,19H2. The molecule has 20 heavy (non-hydrogen) atoms. The summed E-state index contributed by atoms with van der Waals surface area (Å²) >= 11 is 0. The van der Waals surface area contributed by atoms with Crippen molar-refractivity contribution < 1.29 is 9.50 Å². The van der Waals surface area contributed by atoms with E-state index in [9.17, 15) is 9.50 Å². The largest absolute Gasteiger partial charge is 0.395 e. The van der Waals surface area contributed by atoms with Gasteiger partial charge in [0.1, 0.15) is 5.82 Å². The Balaban J connectivity index is 1.84. The smallest absolute Gasteiger partial charge is 0.123 e. The van der Waals surface area contributed by atoms with Crippen LogP contribution in [0.2, 0.25) is 0 Å². The molecule has 4 unspecified atom stereocenters. The van der Waals surface area contributed by atoms with E-state index >= 15 is 0 Å². The highest BCUT2D eigenvalue weighted by atomic mass is 19.1. The van der Waals surface area contributed by atoms with Gasteiger partial charge in [0.05, 0.1) is 6.61 Å². The van der Waals surface area contributed by atoms with E-state index in [1.165, 1.54) is 37.8 Å². The Labute approximate surface area is 120 Å². The van der Waals surface area contributed by atoms with Gasteiger partial charge >= 0.3 is 0 Å². The minimum atomic E-state index is -0.475. The summed E-state index contributed by atoms with van der Waals surface area (Å²) in [6.45, 7) is 0.377. The van der Waals surface area contributed by atoms with Gasteiger partial charge in [-0.05, 0) is 61.1 Å². The van der Waals surface area contributed by atoms with E-state index in [1.54, 1.807) is 6.07 Å². The van der Waals surface area contributed by atoms with E-state index in [1.807, 2.05) is 6.07 Å². The Morgan fingerprint density at radius 3 is 2.70 bits per heavy atom. The van der Waals surface area contributed by atoms with Gasteiger partial charge in [0, 0.05) is 12.0 Å². The summed E-state index contributed by atoms with van der Waals surface area (Å²) in [4.78, 5) is 0. The van der Waals surface area contributed by atoms with E-state index in [4.69, 9.17) is 5.73 Å². The molecule has 0 aromatic heterocycles. The van der Waals surface area contributed by atoms with E-state index in [2.05, 4.69) is 0 Å². The molecular formula is C17H24FNO. The number of benzene rings is 1. The predicted molar refractivity (Wildman–Crippen MR) is 77.8 cm³/mol. The lowest BCUT2D eigenvalue weighted by Gasteiger charge is -2.36. The van der Waals surface area contributed by atoms with Crippen LogP contribution in [0.5, 0.6) is 0 Å². The molecule has 0 saturated heterocycles. The van der Waals surface area contributed by atoms with Crippen LogP contribution in [0.4, 0.5) is 4.39 Å². The third kappa shape index (κ3) is 2.38. The van der Waals surface area contributed by atoms with Crippen molar-refractivity contribution >= 4 is 0 Å². The van der Waals surface area contributed by atoms with Crippen LogP contribution in [0.25, 0.3) is 0 Å². The van der Waals surface area contributed by atoms with Crippen LogP contribution in [0, 0.1) is 23.6 Å². The molecule has 3 N–H and O–H groups in total. The van der Waals surface area contributed by atoms with Crippen LogP contribution in [0.1, 0.15) is 37.7 Å². The fraction of sp³-hybridized carbons (Fsp3) is 0.647. The number of hydrogen-bond donors (Lipinski definition) is 2. The zero-order valence-corrected chi connectivity index (χ0v) is 11.9. The second-order valence-corrected chi connectivity index (χ2v) is 6.79. The Kier molecular flexibility index (Phi) is 3.83. The van der Waals surface area contributed by atoms with Crippen LogP contribution < -0.4 is 5.73 Å². The van der Waals surface area contributed by atoms with Gasteiger partial charge < -0.3 is 10.8 Å². The predicted octanol–water partition coefficient (Wildman–Crippen LogP) is 2.84. The van der Waals surface area contributed by atoms with Crippen LogP contribution in [-0.2, 0) is 5.41 Å². The zero-order valence-electron chi connectivity index (χ0n) is 11.9. The third-order valence-corrected chi connectivity index (χ3v) is 5.67. The number of nitrogens with two attached hydrogens (primary N) is 1. The Bertz CT molecular complexity index is 472. The topological polar surface area (TPSA) is 46.2 Å². The molecule has 0 aliphatic heterocycles. The SMILES string of the molecule is NCC(CO)(CC1CC2CCC1C2)c1cccc(F)c1. The van der Waals surface area contributed by atoms with Crippen molar-refractivity contribution in [1.82, 2.24) is 0 Å². The molecule has 1 aromatic rings. The summed E-state index contributed by atoms with van der Waals surface area (Å²) in [6.07, 6.45) is 6.20. The van der Waals surface area contributed by atoms with Crippen molar-refractivity contribution in [2.45, 2.75) is 37.5 Å². The Morgan fingerprint density at radius 1 is 1.30 bits per heavy atom. The fourth-order valence-electron chi connectivity index (χ4n) is 4.49. The second-order valence-electron chi connectivity index (χ2n) is 6.79. The molecule has 1 aromatic carbocycles. The van der Waals surface area contributed by atoms with Gasteiger partial charge in [-0.1, -0.05) is 18.6 Å². The molecule has 2 saturated carbocycles. The maximum absolute atomic E-state index is 13.5. The highest BCUT2D eigenvalue weighted by Crippen LogP contribution is 2.52. The molecule has 2 aliphatic carbocycles. The van der Waals surface area contributed by atoms with Crippen molar-refractivity contribution in [2.24, 2.45) is 23.5 Å². The highest BCUT2D eigenvalue weighted by molar-refractivity contribution is 5.27. The number of fused-ring (bicyclic) bond motifs is 2. The maximum Gasteiger partial charge on any atom is 0.123 e. The third-order valence-electron chi connectivity index (χ3n) is 5.67. The van der Waals surface area contributed by atoms with Gasteiger partial charge in [-0.3, -0.25) is 0 Å². The van der Waals surface area contributed by atoms with Gasteiger partial charge in [-0.15, -0.1) is 0 Å². The monoisotopic (exact) mass is 277 g/mol. The second kappa shape index (κ2) is 5.45. The first-order valence-electron chi connectivity index (χ1n) is 7.74. The first kappa shape index (κ1) is 14.0. The van der Waals surface area contributed by atoms with Gasteiger partial charge in [0.2, 0.25) is 0 Å². The number of aliphatic hydroxyl groups excluding tert-OH is 1. The molecule has 0 heterocycles. The molecule has 2 aliphatic rings. The van der Waals surface area contributed by atoms with Crippen molar-refractivity contribution in [3.63, 3.8) is 0 Å². The molecule has 3 rings (SSSR count). The first-order valence-corrected chi connectivity index (χ1v) is 7.74. The van der Waals surface area contributed by atoms with Gasteiger partial charge in [0.15, 0.2) is 0 Å². The minimum Gasteiger partial charge on any atom is -0.395 e. The number of hydrogen-bond acceptors (Lipinski definition) is 2. The molecule has 0 radical (unpaired) electrons. The number of aliphatic hydroxyl groups is 1. The molecule has 3 heteroatoms. The van der Waals surface area contributed by atoms with E-state index in [0.29, 0.717) is 12.5 Å². The molecule has 2 nitrogen and oxygen atoms in total. The molecule has 110 valence electrons. The lowest BCUT2D eigenvalue weighted by molar-refractivity contribution is 0.150. The zero-order chi connectivity index (χ0) is 14.2. The van der Waals surface area contributed by atoms with E-state index in [0.717, 1.165) is 23.8 Å². The van der Waals surface area contributed by atoms with Crippen LogP contribution in [0.3, 0.4) is 0 Å². The number of halogens is 1. The van der Waals surface area contributed by atoms with Crippen LogP contribution >= 0.6 is 0 Å². The summed E-state index contributed by atoms with van der Waals surface area (Å²) in [6, 6.07) is 6.60. The summed E-state index contributed by atoms with van der Waals surface area (Å²) in [5.41, 5.74) is 6.37. The average Bonchev–Trinajstić information content (AvgIpc) is 3.07. The lowest BCUT2D eigenvalue weighted by Crippen LogP contribution is -2.41. The molecule has 2 fully saturated rings. The summed E-state index contributed by atoms with van der Waals surface area (Å²) in [5, 5.41) is 9.95. The Hall–Kier alpha value is -0.930. The normalized spacial score (nSPS) is 31.4. The fourth-order valence-corrected chi connectivity index (χ4v) is 4.49. The van der Waals surface area contributed by atoms with Crippen molar-refractivity contribution in [3.05, 3.63) is 35.6 Å². The van der Waals surface area contributed by atoms with E-state index in [-0.39, 0.29) is 12.4 Å². The van der Waals surface area contributed by atoms with Crippen LogP contribution in [-0.4, -0.2) is 18.3 Å². The van der Waals surface area contributed by atoms with Gasteiger partial charge in [0.25, 0.3) is 0 Å². The minimum absolute atomic E-state index is 0.000833. The summed E-state index contributed by atoms with van der Waals surface area (Å²) < 4.78 is 13.5. The van der Waals surface area contributed by atoms with Gasteiger partial charge in [-0.25, -0.2) is 4.39 Å². The van der Waals surface area contributed by atoms with E-state index < -0.39 is 5.41 Å². The molecule has 2 bridgehead atoms. The van der Waals surface area contributed by atoms with Crippen molar-refractivity contribution in [1.29, 1.82) is 0 Å². The number of rotatable bonds is 5. The van der Waals surface area contributed by atoms with Crippen molar-refractivity contribution in [3.8, 4) is 0 Å². The van der Waals surface area contributed by atoms with Gasteiger partial charge in [-0.2, -0.15) is 0 Å². The highest BCUT2D eigenvalue weighted by Gasteiger charge is 2.44. The van der Waals surface area contributed by atoms with Crippen LogP contribution in [0.15, 0.2) is 24.3 Å². The quantitative estimate of drug-likeness (QED) is 0.869. The first-order chi connectivity index (χ1) is 9.66. The Morgan fingerprint density at radius 2 is 2.15 bits per heavy atom. The molecule has 0 amide bonds. The summed E-state index contributed by atoms with van der Waals surface area (Å²) in [5.74, 6) is 2.08. The van der Waals surface area contributed by atoms with Crippen molar-refractivity contribution in [2.75, 3.05) is 13.2 Å². The lowest BCUT2D eigenvalue weighted by atomic mass is 9.70. The molecular weight excluding hydrogens is 253 g/mol. The molecule has 0 spiro atoms.